The van der Waals surface area contributed by atoms with Crippen LogP contribution >= 0.6 is 0 Å². The van der Waals surface area contributed by atoms with E-state index >= 15 is 0 Å². The number of nitrogens with two attached hydrogens (primary N) is 3. The van der Waals surface area contributed by atoms with Crippen LogP contribution in [0.3, 0.4) is 0 Å². The van der Waals surface area contributed by atoms with E-state index in [1.54, 1.807) is 7.05 Å². The zero-order valence-corrected chi connectivity index (χ0v) is 19.9. The summed E-state index contributed by atoms with van der Waals surface area (Å²) in [5.74, 6) is -0.727. The Balaban J connectivity index is 1.78. The largest absolute Gasteiger partial charge is 0.441 e. The van der Waals surface area contributed by atoms with Crippen LogP contribution in [-0.4, -0.2) is 126 Å². The monoisotopic (exact) mass is 516 g/mol. The number of likely N-dealkylation sites (tertiary alicyclic amines) is 1. The van der Waals surface area contributed by atoms with Crippen molar-refractivity contribution in [1.29, 1.82) is 0 Å². The number of hydrogen-bond donors (Lipinski definition) is 9. The van der Waals surface area contributed by atoms with E-state index in [4.69, 9.17) is 26.7 Å². The Morgan fingerprint density at radius 1 is 1.39 bits per heavy atom. The molecule has 0 aromatic rings. The molecule has 16 heteroatoms. The van der Waals surface area contributed by atoms with Gasteiger partial charge in [-0.1, -0.05) is 0 Å². The first kappa shape index (κ1) is 27.8. The minimum absolute atomic E-state index is 0.0723. The zero-order valence-electron chi connectivity index (χ0n) is 19.9. The molecule has 12 N–H and O–H groups in total. The fraction of sp³-hybridized carbons (Fsp3) is 0.800. The third-order valence-electron chi connectivity index (χ3n) is 6.40. The molecule has 3 rings (SSSR count). The van der Waals surface area contributed by atoms with E-state index in [9.17, 15) is 29.7 Å². The first-order valence-corrected chi connectivity index (χ1v) is 11.7. The minimum atomic E-state index is -1.55. The first-order chi connectivity index (χ1) is 17.0. The Hall–Kier alpha value is -2.76. The molecular formula is C20H36N8O8. The molecule has 2 fully saturated rings. The van der Waals surface area contributed by atoms with Crippen LogP contribution in [0.5, 0.6) is 0 Å². The van der Waals surface area contributed by atoms with Gasteiger partial charge in [0.2, 0.25) is 11.8 Å². The van der Waals surface area contributed by atoms with E-state index in [0.29, 0.717) is 19.4 Å². The summed E-state index contributed by atoms with van der Waals surface area (Å²) in [5.41, 5.74) is 16.6. The number of nitrogens with one attached hydrogen (secondary N) is 3. The summed E-state index contributed by atoms with van der Waals surface area (Å²) in [6.45, 7) is -0.101. The van der Waals surface area contributed by atoms with Crippen molar-refractivity contribution in [2.24, 2.45) is 22.2 Å². The van der Waals surface area contributed by atoms with Gasteiger partial charge in [0.25, 0.3) is 0 Å². The smallest absolute Gasteiger partial charge is 0.404 e. The van der Waals surface area contributed by atoms with Crippen LogP contribution in [-0.2, 0) is 19.1 Å². The second-order valence-corrected chi connectivity index (χ2v) is 9.18. The Bertz CT molecular complexity index is 847. The van der Waals surface area contributed by atoms with Crippen LogP contribution in [0.4, 0.5) is 4.79 Å². The molecule has 3 heterocycles. The quantitative estimate of drug-likeness (QED) is 0.139. The van der Waals surface area contributed by atoms with Gasteiger partial charge in [-0.2, -0.15) is 0 Å². The normalized spacial score (nSPS) is 34.8. The highest BCUT2D eigenvalue weighted by atomic mass is 16.6. The summed E-state index contributed by atoms with van der Waals surface area (Å²) in [4.78, 5) is 42.2. The molecule has 0 aromatic heterocycles. The number of ether oxygens (including phenoxy) is 2. The molecule has 0 spiro atoms. The number of amides is 3. The van der Waals surface area contributed by atoms with E-state index in [1.807, 2.05) is 0 Å². The number of β-amino-alcohol motifs (C(OH)–C–C–N with tert-alkyl or cyclic N) is 1. The Kier molecular flexibility index (Phi) is 9.26. The van der Waals surface area contributed by atoms with Gasteiger partial charge in [-0.3, -0.25) is 9.59 Å². The second-order valence-electron chi connectivity index (χ2n) is 9.18. The number of guanidine groups is 1. The molecule has 204 valence electrons. The molecule has 3 aliphatic rings. The molecule has 0 bridgehead atoms. The van der Waals surface area contributed by atoms with Gasteiger partial charge in [-0.05, 0) is 19.4 Å². The lowest BCUT2D eigenvalue weighted by atomic mass is 9.95. The number of primary amides is 1. The van der Waals surface area contributed by atoms with E-state index < -0.39 is 73.4 Å². The third-order valence-corrected chi connectivity index (χ3v) is 6.40. The van der Waals surface area contributed by atoms with Crippen LogP contribution in [0.2, 0.25) is 0 Å². The number of rotatable bonds is 9. The van der Waals surface area contributed by atoms with Gasteiger partial charge in [0.05, 0.1) is 18.8 Å². The second kappa shape index (κ2) is 12.0. The summed E-state index contributed by atoms with van der Waals surface area (Å²) in [7, 11) is 1.55. The Labute approximate surface area is 207 Å². The lowest BCUT2D eigenvalue weighted by molar-refractivity contribution is -0.198. The van der Waals surface area contributed by atoms with Crippen molar-refractivity contribution in [1.82, 2.24) is 20.9 Å². The lowest BCUT2D eigenvalue weighted by Gasteiger charge is -2.44. The Morgan fingerprint density at radius 3 is 2.75 bits per heavy atom. The van der Waals surface area contributed by atoms with Gasteiger partial charge in [0.1, 0.15) is 18.2 Å². The molecule has 16 nitrogen and oxygen atoms in total. The summed E-state index contributed by atoms with van der Waals surface area (Å²) in [6, 6.07) is -3.25. The van der Waals surface area contributed by atoms with Crippen LogP contribution < -0.4 is 33.2 Å². The van der Waals surface area contributed by atoms with Crippen molar-refractivity contribution in [3.05, 3.63) is 0 Å². The van der Waals surface area contributed by atoms with E-state index in [2.05, 4.69) is 20.9 Å². The number of aliphatic imine (C=N–C) groups is 1. The summed E-state index contributed by atoms with van der Waals surface area (Å²) in [6.07, 6.45) is -6.34. The van der Waals surface area contributed by atoms with Gasteiger partial charge in [-0.15, -0.1) is 0 Å². The highest BCUT2D eigenvalue weighted by Gasteiger charge is 2.50. The van der Waals surface area contributed by atoms with Crippen LogP contribution in [0.15, 0.2) is 4.99 Å². The predicted molar refractivity (Wildman–Crippen MR) is 124 cm³/mol. The van der Waals surface area contributed by atoms with Crippen LogP contribution in [0.1, 0.15) is 19.3 Å². The topological polar surface area (TPSA) is 260 Å². The molecule has 1 unspecified atom stereocenters. The molecule has 3 aliphatic heterocycles. The SMILES string of the molecule is CN1C[C@H](O)[C@H]2NC(N[C@@H]3O[C@H](CO)[C@H](OC(N)=O)[C@@H](O)[C@H]3NC(=O)CC(N)CCCN)=N[C@@H]2C1=O. The zero-order chi connectivity index (χ0) is 26.6. The van der Waals surface area contributed by atoms with E-state index in [1.165, 1.54) is 4.90 Å². The summed E-state index contributed by atoms with van der Waals surface area (Å²) >= 11 is 0. The molecule has 0 aromatic carbocycles. The maximum Gasteiger partial charge on any atom is 0.404 e. The number of nitrogens with zero attached hydrogens (tertiary/aromatic N) is 2. The van der Waals surface area contributed by atoms with Crippen LogP contribution in [0, 0.1) is 0 Å². The molecule has 9 atom stereocenters. The van der Waals surface area contributed by atoms with Crippen molar-refractivity contribution in [2.45, 2.75) is 74.1 Å². The molecule has 0 saturated carbocycles. The fourth-order valence-corrected chi connectivity index (χ4v) is 4.56. The Morgan fingerprint density at radius 2 is 2.11 bits per heavy atom. The molecule has 36 heavy (non-hydrogen) atoms. The van der Waals surface area contributed by atoms with Crippen molar-refractivity contribution in [2.75, 3.05) is 26.7 Å². The number of likely N-dealkylation sites (N-methyl/N-ethyl adjacent to an activating group) is 1. The number of carbonyl (C=O) groups is 3. The standard InChI is InChI=1S/C20H36N8O8/c1-28-6-9(30)12-13(18(28)33)26-20(25-12)27-17-14(24-11(31)5-8(22)3-2-4-21)15(32)16(36-19(23)34)10(7-29)35-17/h8-10,12-17,29-30,32H,2-7,21-22H2,1H3,(H2,23,34)(H,24,31)(H2,25,26,27)/t8?,9-,10+,12+,13-,14+,15-,16-,17+/m0/s1. The third kappa shape index (κ3) is 6.32. The lowest BCUT2D eigenvalue weighted by Crippen LogP contribution is -2.70. The van der Waals surface area contributed by atoms with Gasteiger partial charge < -0.3 is 62.8 Å². The number of fused-ring (bicyclic) bond motifs is 1. The summed E-state index contributed by atoms with van der Waals surface area (Å²) in [5, 5.41) is 39.5. The fourth-order valence-electron chi connectivity index (χ4n) is 4.56. The number of aliphatic hydroxyl groups is 3. The van der Waals surface area contributed by atoms with E-state index in [0.717, 1.165) is 0 Å². The number of carbonyl (C=O) groups excluding carboxylic acids is 3. The minimum Gasteiger partial charge on any atom is -0.441 e. The maximum absolute atomic E-state index is 12.7. The molecule has 0 radical (unpaired) electrons. The highest BCUT2D eigenvalue weighted by Crippen LogP contribution is 2.24. The van der Waals surface area contributed by atoms with E-state index in [-0.39, 0.29) is 24.8 Å². The molecular weight excluding hydrogens is 480 g/mol. The van der Waals surface area contributed by atoms with Gasteiger partial charge >= 0.3 is 6.09 Å². The van der Waals surface area contributed by atoms with Crippen molar-refractivity contribution in [3.63, 3.8) is 0 Å². The van der Waals surface area contributed by atoms with Crippen LogP contribution in [0.25, 0.3) is 0 Å². The van der Waals surface area contributed by atoms with Gasteiger partial charge in [0.15, 0.2) is 24.3 Å². The van der Waals surface area contributed by atoms with Crippen molar-refractivity contribution in [3.8, 4) is 0 Å². The molecule has 2 saturated heterocycles. The predicted octanol–water partition coefficient (Wildman–Crippen LogP) is -5.41. The molecule has 0 aliphatic carbocycles. The average Bonchev–Trinajstić information content (AvgIpc) is 3.24. The van der Waals surface area contributed by atoms with Gasteiger partial charge in [0, 0.05) is 26.1 Å². The number of aliphatic hydroxyl groups excluding tert-OH is 3. The van der Waals surface area contributed by atoms with Gasteiger partial charge in [-0.25, -0.2) is 9.79 Å². The first-order valence-electron chi connectivity index (χ1n) is 11.7. The molecule has 3 amide bonds. The van der Waals surface area contributed by atoms with Crippen molar-refractivity contribution < 1.29 is 39.2 Å². The highest BCUT2D eigenvalue weighted by molar-refractivity contribution is 5.92. The van der Waals surface area contributed by atoms with Crippen molar-refractivity contribution >= 4 is 23.9 Å². The summed E-state index contributed by atoms with van der Waals surface area (Å²) < 4.78 is 10.7. The number of piperidine rings is 1. The maximum atomic E-state index is 12.7. The average molecular weight is 517 g/mol. The number of hydrogen-bond acceptors (Lipinski definition) is 13.